The lowest BCUT2D eigenvalue weighted by Gasteiger charge is -2.25. The van der Waals surface area contributed by atoms with Gasteiger partial charge < -0.3 is 15.0 Å². The average molecular weight is 236 g/mol. The Morgan fingerprint density at radius 3 is 3.31 bits per heavy atom. The molecule has 4 nitrogen and oxygen atoms in total. The molecule has 1 aliphatic rings. The maximum absolute atomic E-state index is 11.8. The molecule has 84 valence electrons. The summed E-state index contributed by atoms with van der Waals surface area (Å²) in [4.78, 5) is 14.7. The van der Waals surface area contributed by atoms with Crippen LogP contribution in [0.5, 0.6) is 0 Å². The molecular weight excluding hydrogens is 224 g/mol. The largest absolute Gasteiger partial charge is 0.373 e. The van der Waals surface area contributed by atoms with Crippen LogP contribution in [0.3, 0.4) is 0 Å². The first-order valence-corrected chi connectivity index (χ1v) is 6.06. The van der Waals surface area contributed by atoms with Gasteiger partial charge in [-0.1, -0.05) is 0 Å². The van der Waals surface area contributed by atoms with Gasteiger partial charge in [-0.2, -0.15) is 0 Å². The van der Waals surface area contributed by atoms with E-state index < -0.39 is 0 Å². The molecule has 2 aromatic heterocycles. The second kappa shape index (κ2) is 3.69. The highest BCUT2D eigenvalue weighted by Crippen LogP contribution is 2.31. The SMILES string of the molecule is CNC1COCc2[nH]c(=O)c3ccsc3c21. The first kappa shape index (κ1) is 10.0. The van der Waals surface area contributed by atoms with Gasteiger partial charge in [0.25, 0.3) is 5.56 Å². The number of pyridine rings is 1. The van der Waals surface area contributed by atoms with E-state index in [0.29, 0.717) is 13.2 Å². The summed E-state index contributed by atoms with van der Waals surface area (Å²) in [7, 11) is 1.91. The van der Waals surface area contributed by atoms with Crippen molar-refractivity contribution in [1.29, 1.82) is 0 Å². The van der Waals surface area contributed by atoms with Crippen LogP contribution in [0.1, 0.15) is 17.3 Å². The Kier molecular flexibility index (Phi) is 2.31. The van der Waals surface area contributed by atoms with Crippen LogP contribution in [0.15, 0.2) is 16.2 Å². The normalized spacial score (nSPS) is 19.9. The van der Waals surface area contributed by atoms with Crippen molar-refractivity contribution in [2.45, 2.75) is 12.6 Å². The summed E-state index contributed by atoms with van der Waals surface area (Å²) < 4.78 is 6.54. The van der Waals surface area contributed by atoms with Gasteiger partial charge >= 0.3 is 0 Å². The number of aromatic amines is 1. The van der Waals surface area contributed by atoms with Crippen LogP contribution in [0, 0.1) is 0 Å². The number of likely N-dealkylation sites (N-methyl/N-ethyl adjacent to an activating group) is 1. The predicted octanol–water partition coefficient (Wildman–Crippen LogP) is 1.38. The minimum atomic E-state index is -0.0182. The second-order valence-corrected chi connectivity index (χ2v) is 4.78. The fraction of sp³-hybridized carbons (Fsp3) is 0.364. The molecule has 0 amide bonds. The number of thiophene rings is 1. The molecule has 0 fully saturated rings. The van der Waals surface area contributed by atoms with E-state index in [0.717, 1.165) is 15.8 Å². The highest BCUT2D eigenvalue weighted by atomic mass is 32.1. The number of hydrogen-bond donors (Lipinski definition) is 2. The van der Waals surface area contributed by atoms with E-state index in [1.54, 1.807) is 11.3 Å². The van der Waals surface area contributed by atoms with Crippen LogP contribution in [-0.2, 0) is 11.3 Å². The molecule has 3 rings (SSSR count). The van der Waals surface area contributed by atoms with Gasteiger partial charge in [0.2, 0.25) is 0 Å². The molecule has 0 spiro atoms. The molecule has 1 unspecified atom stereocenters. The summed E-state index contributed by atoms with van der Waals surface area (Å²) in [6, 6.07) is 2.04. The number of hydrogen-bond acceptors (Lipinski definition) is 4. The molecular formula is C11H12N2O2S. The topological polar surface area (TPSA) is 54.1 Å². The Morgan fingerprint density at radius 1 is 1.62 bits per heavy atom. The number of H-pyrrole nitrogens is 1. The van der Waals surface area contributed by atoms with Gasteiger partial charge in [0.05, 0.1) is 30.3 Å². The first-order chi connectivity index (χ1) is 7.81. The number of fused-ring (bicyclic) bond motifs is 3. The molecule has 0 aliphatic carbocycles. The molecule has 2 N–H and O–H groups in total. The van der Waals surface area contributed by atoms with Crippen molar-refractivity contribution >= 4 is 21.4 Å². The van der Waals surface area contributed by atoms with Crippen LogP contribution in [0.2, 0.25) is 0 Å². The zero-order valence-electron chi connectivity index (χ0n) is 8.87. The van der Waals surface area contributed by atoms with Crippen molar-refractivity contribution in [3.8, 4) is 0 Å². The Bertz CT molecular complexity index is 587. The Hall–Kier alpha value is -1.17. The summed E-state index contributed by atoms with van der Waals surface area (Å²) in [5, 5.41) is 5.97. The molecule has 0 saturated carbocycles. The lowest BCUT2D eigenvalue weighted by Crippen LogP contribution is -2.29. The summed E-state index contributed by atoms with van der Waals surface area (Å²) >= 11 is 1.62. The lowest BCUT2D eigenvalue weighted by atomic mass is 10.0. The molecule has 16 heavy (non-hydrogen) atoms. The molecule has 0 aromatic carbocycles. The van der Waals surface area contributed by atoms with E-state index in [1.807, 2.05) is 18.5 Å². The van der Waals surface area contributed by atoms with E-state index in [1.165, 1.54) is 5.56 Å². The predicted molar refractivity (Wildman–Crippen MR) is 63.9 cm³/mol. The van der Waals surface area contributed by atoms with Gasteiger partial charge in [0.1, 0.15) is 0 Å². The van der Waals surface area contributed by atoms with Gasteiger partial charge in [-0.3, -0.25) is 4.79 Å². The average Bonchev–Trinajstić information content (AvgIpc) is 2.77. The van der Waals surface area contributed by atoms with Crippen LogP contribution in [0.4, 0.5) is 0 Å². The Morgan fingerprint density at radius 2 is 2.50 bits per heavy atom. The van der Waals surface area contributed by atoms with Crippen LogP contribution in [0.25, 0.3) is 10.1 Å². The van der Waals surface area contributed by atoms with Gasteiger partial charge in [-0.15, -0.1) is 11.3 Å². The number of rotatable bonds is 1. The number of aromatic nitrogens is 1. The van der Waals surface area contributed by atoms with Gasteiger partial charge in [0, 0.05) is 10.3 Å². The van der Waals surface area contributed by atoms with Crippen molar-refractivity contribution < 1.29 is 4.74 Å². The molecule has 3 heterocycles. The van der Waals surface area contributed by atoms with E-state index in [4.69, 9.17) is 4.74 Å². The molecule has 1 aliphatic heterocycles. The van der Waals surface area contributed by atoms with Gasteiger partial charge in [0.15, 0.2) is 0 Å². The van der Waals surface area contributed by atoms with E-state index >= 15 is 0 Å². The second-order valence-electron chi connectivity index (χ2n) is 3.87. The zero-order valence-corrected chi connectivity index (χ0v) is 9.69. The Balaban J connectivity index is 2.37. The minimum absolute atomic E-state index is 0.0182. The maximum Gasteiger partial charge on any atom is 0.256 e. The number of ether oxygens (including phenoxy) is 1. The van der Waals surface area contributed by atoms with Crippen LogP contribution < -0.4 is 10.9 Å². The molecule has 0 radical (unpaired) electrons. The third-order valence-electron chi connectivity index (χ3n) is 2.97. The zero-order chi connectivity index (χ0) is 11.1. The van der Waals surface area contributed by atoms with Crippen molar-refractivity contribution in [2.75, 3.05) is 13.7 Å². The molecule has 1 atom stereocenters. The molecule has 2 aromatic rings. The lowest BCUT2D eigenvalue weighted by molar-refractivity contribution is 0.0820. The fourth-order valence-electron chi connectivity index (χ4n) is 2.18. The first-order valence-electron chi connectivity index (χ1n) is 5.18. The van der Waals surface area contributed by atoms with Crippen molar-refractivity contribution in [1.82, 2.24) is 10.3 Å². The van der Waals surface area contributed by atoms with Crippen LogP contribution in [-0.4, -0.2) is 18.6 Å². The maximum atomic E-state index is 11.8. The number of nitrogens with one attached hydrogen (secondary N) is 2. The van der Waals surface area contributed by atoms with Crippen molar-refractivity contribution in [3.63, 3.8) is 0 Å². The minimum Gasteiger partial charge on any atom is -0.373 e. The highest BCUT2D eigenvalue weighted by Gasteiger charge is 2.24. The molecule has 0 saturated heterocycles. The molecule has 0 bridgehead atoms. The van der Waals surface area contributed by atoms with E-state index in [-0.39, 0.29) is 11.6 Å². The van der Waals surface area contributed by atoms with Crippen molar-refractivity contribution in [2.24, 2.45) is 0 Å². The summed E-state index contributed by atoms with van der Waals surface area (Å²) in [6.07, 6.45) is 0. The van der Waals surface area contributed by atoms with E-state index in [9.17, 15) is 4.79 Å². The van der Waals surface area contributed by atoms with Gasteiger partial charge in [-0.25, -0.2) is 0 Å². The third-order valence-corrected chi connectivity index (χ3v) is 3.92. The molecule has 5 heteroatoms. The van der Waals surface area contributed by atoms with E-state index in [2.05, 4.69) is 10.3 Å². The summed E-state index contributed by atoms with van der Waals surface area (Å²) in [6.45, 7) is 1.15. The summed E-state index contributed by atoms with van der Waals surface area (Å²) in [5.41, 5.74) is 2.08. The van der Waals surface area contributed by atoms with Crippen LogP contribution >= 0.6 is 11.3 Å². The third kappa shape index (κ3) is 1.32. The standard InChI is InChI=1S/C11H12N2O2S/c1-12-7-4-15-5-8-9(7)10-6(2-3-16-10)11(14)13-8/h2-3,7,12H,4-5H2,1H3,(H,13,14). The monoisotopic (exact) mass is 236 g/mol. The fourth-order valence-corrected chi connectivity index (χ4v) is 3.20. The van der Waals surface area contributed by atoms with Crippen molar-refractivity contribution in [3.05, 3.63) is 33.1 Å². The van der Waals surface area contributed by atoms with Gasteiger partial charge in [-0.05, 0) is 18.5 Å². The quantitative estimate of drug-likeness (QED) is 0.786. The Labute approximate surface area is 96.3 Å². The summed E-state index contributed by atoms with van der Waals surface area (Å²) in [5.74, 6) is 0. The smallest absolute Gasteiger partial charge is 0.256 e. The highest BCUT2D eigenvalue weighted by molar-refractivity contribution is 7.17.